The van der Waals surface area contributed by atoms with Crippen LogP contribution in [0.2, 0.25) is 0 Å². The first-order valence-corrected chi connectivity index (χ1v) is 7.54. The molecular formula is C12H16FNO5S. The first-order chi connectivity index (χ1) is 9.32. The summed E-state index contributed by atoms with van der Waals surface area (Å²) in [6, 6.07) is 6.47. The lowest BCUT2D eigenvalue weighted by atomic mass is 10.0. The summed E-state index contributed by atoms with van der Waals surface area (Å²) in [5.74, 6) is -1.42. The van der Waals surface area contributed by atoms with Gasteiger partial charge in [-0.3, -0.25) is 10.1 Å². The molecule has 0 radical (unpaired) electrons. The molecule has 0 aromatic heterocycles. The van der Waals surface area contributed by atoms with Gasteiger partial charge >= 0.3 is 5.12 Å². The van der Waals surface area contributed by atoms with Gasteiger partial charge in [0.05, 0.1) is 15.7 Å². The van der Waals surface area contributed by atoms with Gasteiger partial charge in [-0.05, 0) is 25.0 Å². The molecule has 2 atom stereocenters. The standard InChI is InChI=1S/C12H16FNO5S/c1-2-10(8-9-15)12(13,14(16)17)20(18,19)11-6-4-3-5-7-11/h3-7,10,15H,2,8-9H2,1H3/t10-,12+/m1/s1. The molecule has 20 heavy (non-hydrogen) atoms. The minimum atomic E-state index is -4.81. The van der Waals surface area contributed by atoms with Crippen LogP contribution in [-0.2, 0) is 9.84 Å². The predicted octanol–water partition coefficient (Wildman–Crippen LogP) is 1.77. The summed E-state index contributed by atoms with van der Waals surface area (Å²) in [6.07, 6.45) is -0.385. The van der Waals surface area contributed by atoms with Gasteiger partial charge in [0, 0.05) is 6.61 Å². The van der Waals surface area contributed by atoms with Crippen LogP contribution in [0.3, 0.4) is 0 Å². The molecule has 0 heterocycles. The van der Waals surface area contributed by atoms with Crippen LogP contribution in [0, 0.1) is 16.0 Å². The summed E-state index contributed by atoms with van der Waals surface area (Å²) < 4.78 is 39.4. The fourth-order valence-corrected chi connectivity index (χ4v) is 3.79. The number of sulfone groups is 1. The molecule has 0 saturated heterocycles. The SMILES string of the molecule is CC[C@H](CCO)[C@](F)([N+](=O)[O-])S(=O)(=O)c1ccccc1. The molecule has 112 valence electrons. The zero-order valence-corrected chi connectivity index (χ0v) is 11.7. The van der Waals surface area contributed by atoms with E-state index >= 15 is 0 Å². The van der Waals surface area contributed by atoms with Crippen LogP contribution in [0.4, 0.5) is 4.39 Å². The highest BCUT2D eigenvalue weighted by atomic mass is 32.2. The third-order valence-corrected chi connectivity index (χ3v) is 5.28. The Labute approximate surface area is 116 Å². The van der Waals surface area contributed by atoms with E-state index in [0.717, 1.165) is 12.1 Å². The molecule has 0 fully saturated rings. The summed E-state index contributed by atoms with van der Waals surface area (Å²) in [5.41, 5.74) is 0. The summed E-state index contributed by atoms with van der Waals surface area (Å²) in [5, 5.41) is 16.3. The quantitative estimate of drug-likeness (QED) is 0.470. The smallest absolute Gasteiger partial charge is 0.396 e. The number of hydrogen-bond acceptors (Lipinski definition) is 5. The fraction of sp³-hybridized carbons (Fsp3) is 0.500. The second-order valence-electron chi connectivity index (χ2n) is 4.30. The Hall–Kier alpha value is -1.54. The summed E-state index contributed by atoms with van der Waals surface area (Å²) in [6.45, 7) is 0.918. The largest absolute Gasteiger partial charge is 0.465 e. The summed E-state index contributed by atoms with van der Waals surface area (Å²) >= 11 is 0. The minimum Gasteiger partial charge on any atom is -0.396 e. The number of aliphatic hydroxyl groups excluding tert-OH is 1. The molecule has 0 aliphatic carbocycles. The average molecular weight is 305 g/mol. The van der Waals surface area contributed by atoms with Gasteiger partial charge in [0.1, 0.15) is 0 Å². The zero-order chi connectivity index (χ0) is 15.4. The Morgan fingerprint density at radius 2 is 1.95 bits per heavy atom. The van der Waals surface area contributed by atoms with Crippen molar-refractivity contribution in [1.29, 1.82) is 0 Å². The molecule has 6 nitrogen and oxygen atoms in total. The molecule has 0 spiro atoms. The molecule has 1 N–H and O–H groups in total. The van der Waals surface area contributed by atoms with Crippen LogP contribution in [0.15, 0.2) is 35.2 Å². The molecular weight excluding hydrogens is 289 g/mol. The van der Waals surface area contributed by atoms with Crippen LogP contribution in [0.5, 0.6) is 0 Å². The van der Waals surface area contributed by atoms with E-state index in [4.69, 9.17) is 5.11 Å². The van der Waals surface area contributed by atoms with Crippen molar-refractivity contribution >= 4 is 9.84 Å². The molecule has 0 bridgehead atoms. The molecule has 0 aliphatic heterocycles. The Morgan fingerprint density at radius 1 is 1.40 bits per heavy atom. The average Bonchev–Trinajstić information content (AvgIpc) is 2.44. The summed E-state index contributed by atoms with van der Waals surface area (Å²) in [4.78, 5) is 9.22. The van der Waals surface area contributed by atoms with Gasteiger partial charge in [-0.2, -0.15) is 0 Å². The highest BCUT2D eigenvalue weighted by molar-refractivity contribution is 7.92. The van der Waals surface area contributed by atoms with E-state index in [0.29, 0.717) is 0 Å². The van der Waals surface area contributed by atoms with Crippen molar-refractivity contribution in [3.05, 3.63) is 40.4 Å². The van der Waals surface area contributed by atoms with E-state index in [1.165, 1.54) is 25.1 Å². The first kappa shape index (κ1) is 16.5. The maximum absolute atomic E-state index is 14.8. The minimum absolute atomic E-state index is 0.0793. The number of alkyl halides is 1. The number of aliphatic hydroxyl groups is 1. The third-order valence-electron chi connectivity index (χ3n) is 3.15. The van der Waals surface area contributed by atoms with E-state index in [-0.39, 0.29) is 12.8 Å². The number of rotatable bonds is 7. The number of hydrogen-bond donors (Lipinski definition) is 1. The van der Waals surface area contributed by atoms with Crippen molar-refractivity contribution in [3.63, 3.8) is 0 Å². The molecule has 0 unspecified atom stereocenters. The van der Waals surface area contributed by atoms with Gasteiger partial charge in [0.15, 0.2) is 0 Å². The number of nitro groups is 1. The van der Waals surface area contributed by atoms with E-state index in [9.17, 15) is 22.9 Å². The normalized spacial score (nSPS) is 16.4. The molecule has 8 heteroatoms. The van der Waals surface area contributed by atoms with Gasteiger partial charge < -0.3 is 5.11 Å². The van der Waals surface area contributed by atoms with Gasteiger partial charge in [-0.25, -0.2) is 8.42 Å². The second kappa shape index (κ2) is 6.27. The van der Waals surface area contributed by atoms with E-state index in [1.54, 1.807) is 0 Å². The zero-order valence-electron chi connectivity index (χ0n) is 10.9. The topological polar surface area (TPSA) is 97.5 Å². The fourth-order valence-electron chi connectivity index (χ4n) is 2.02. The molecule has 1 aromatic rings. The van der Waals surface area contributed by atoms with Crippen LogP contribution < -0.4 is 0 Å². The molecule has 1 rings (SSSR count). The van der Waals surface area contributed by atoms with Gasteiger partial charge in [-0.15, -0.1) is 4.39 Å². The Morgan fingerprint density at radius 3 is 2.35 bits per heavy atom. The highest BCUT2D eigenvalue weighted by Gasteiger charge is 2.62. The van der Waals surface area contributed by atoms with E-state index in [2.05, 4.69) is 0 Å². The monoisotopic (exact) mass is 305 g/mol. The third kappa shape index (κ3) is 2.66. The Bertz CT molecular complexity index is 562. The molecule has 0 aliphatic rings. The maximum atomic E-state index is 14.8. The predicted molar refractivity (Wildman–Crippen MR) is 69.9 cm³/mol. The van der Waals surface area contributed by atoms with Gasteiger partial charge in [0.25, 0.3) is 9.84 Å². The van der Waals surface area contributed by atoms with Crippen molar-refractivity contribution < 1.29 is 22.8 Å². The lowest BCUT2D eigenvalue weighted by Gasteiger charge is -2.24. The Balaban J connectivity index is 3.43. The lowest BCUT2D eigenvalue weighted by Crippen LogP contribution is -2.48. The van der Waals surface area contributed by atoms with Crippen molar-refractivity contribution in [2.75, 3.05) is 6.61 Å². The second-order valence-corrected chi connectivity index (χ2v) is 6.35. The summed E-state index contributed by atoms with van der Waals surface area (Å²) in [7, 11) is -4.81. The van der Waals surface area contributed by atoms with Crippen LogP contribution in [-0.4, -0.2) is 30.2 Å². The van der Waals surface area contributed by atoms with Gasteiger partial charge in [0.2, 0.25) is 0 Å². The molecule has 0 saturated carbocycles. The van der Waals surface area contributed by atoms with Crippen LogP contribution >= 0.6 is 0 Å². The van der Waals surface area contributed by atoms with Crippen molar-refractivity contribution in [3.8, 4) is 0 Å². The van der Waals surface area contributed by atoms with Crippen molar-refractivity contribution in [1.82, 2.24) is 0 Å². The van der Waals surface area contributed by atoms with Crippen molar-refractivity contribution in [2.24, 2.45) is 5.92 Å². The maximum Gasteiger partial charge on any atom is 0.465 e. The van der Waals surface area contributed by atoms with Gasteiger partial charge in [-0.1, -0.05) is 25.1 Å². The number of nitrogens with zero attached hydrogens (tertiary/aromatic N) is 1. The Kier molecular flexibility index (Phi) is 5.18. The van der Waals surface area contributed by atoms with Crippen molar-refractivity contribution in [2.45, 2.75) is 29.8 Å². The number of halogens is 1. The van der Waals surface area contributed by atoms with E-state index in [1.807, 2.05) is 0 Å². The number of benzene rings is 1. The molecule has 1 aromatic carbocycles. The first-order valence-electron chi connectivity index (χ1n) is 6.06. The molecule has 0 amide bonds. The van der Waals surface area contributed by atoms with Crippen LogP contribution in [0.25, 0.3) is 0 Å². The highest BCUT2D eigenvalue weighted by Crippen LogP contribution is 2.38. The van der Waals surface area contributed by atoms with Crippen LogP contribution in [0.1, 0.15) is 19.8 Å². The van der Waals surface area contributed by atoms with E-state index < -0.39 is 37.3 Å². The lowest BCUT2D eigenvalue weighted by molar-refractivity contribution is -0.585.